The van der Waals surface area contributed by atoms with Gasteiger partial charge in [-0.25, -0.2) is 8.42 Å². The van der Waals surface area contributed by atoms with E-state index >= 15 is 0 Å². The molecule has 1 aromatic rings. The largest absolute Gasteiger partial charge is 0.264 e. The predicted molar refractivity (Wildman–Crippen MR) is 71.6 cm³/mol. The third-order valence-electron chi connectivity index (χ3n) is 3.36. The Morgan fingerprint density at radius 3 is 2.67 bits per heavy atom. The van der Waals surface area contributed by atoms with Gasteiger partial charge in [-0.15, -0.1) is 0 Å². The lowest BCUT2D eigenvalue weighted by atomic mass is 10.1. The van der Waals surface area contributed by atoms with Crippen molar-refractivity contribution in [3.05, 3.63) is 30.1 Å². The van der Waals surface area contributed by atoms with E-state index in [-0.39, 0.29) is 6.04 Å². The summed E-state index contributed by atoms with van der Waals surface area (Å²) in [6.45, 7) is 5.86. The van der Waals surface area contributed by atoms with Crippen LogP contribution in [0.5, 0.6) is 0 Å². The molecule has 1 saturated heterocycles. The van der Waals surface area contributed by atoms with Gasteiger partial charge in [-0.3, -0.25) is 4.98 Å². The van der Waals surface area contributed by atoms with Gasteiger partial charge < -0.3 is 0 Å². The Hall–Kier alpha value is -0.940. The van der Waals surface area contributed by atoms with Crippen LogP contribution in [-0.2, 0) is 10.0 Å². The van der Waals surface area contributed by atoms with Crippen LogP contribution in [-0.4, -0.2) is 29.0 Å². The van der Waals surface area contributed by atoms with Crippen molar-refractivity contribution >= 4 is 10.0 Å². The standard InChI is InChI=1S/C13H20N2O2S/c1-13(2,3)18(16,17)15-9-5-7-12(15)11-6-4-8-14-10-11/h4,6,8,10,12H,5,7,9H2,1-3H3/t12-/m1/s1. The van der Waals surface area contributed by atoms with Crippen molar-refractivity contribution in [1.29, 1.82) is 0 Å². The van der Waals surface area contributed by atoms with Gasteiger partial charge in [0.1, 0.15) is 0 Å². The number of hydrogen-bond donors (Lipinski definition) is 0. The maximum Gasteiger partial charge on any atom is 0.219 e. The van der Waals surface area contributed by atoms with Crippen molar-refractivity contribution in [3.63, 3.8) is 0 Å². The molecular weight excluding hydrogens is 248 g/mol. The van der Waals surface area contributed by atoms with Crippen molar-refractivity contribution in [2.75, 3.05) is 6.54 Å². The minimum absolute atomic E-state index is 0.0528. The van der Waals surface area contributed by atoms with E-state index in [9.17, 15) is 8.42 Å². The lowest BCUT2D eigenvalue weighted by Crippen LogP contribution is -2.42. The number of pyridine rings is 1. The number of rotatable bonds is 2. The second-order valence-corrected chi connectivity index (χ2v) is 8.32. The van der Waals surface area contributed by atoms with Crippen LogP contribution in [0.25, 0.3) is 0 Å². The van der Waals surface area contributed by atoms with Crippen molar-refractivity contribution in [2.24, 2.45) is 0 Å². The van der Waals surface area contributed by atoms with E-state index in [1.807, 2.05) is 12.1 Å². The third kappa shape index (κ3) is 2.29. The average molecular weight is 268 g/mol. The van der Waals surface area contributed by atoms with Crippen LogP contribution >= 0.6 is 0 Å². The minimum atomic E-state index is -3.27. The van der Waals surface area contributed by atoms with E-state index in [0.717, 1.165) is 18.4 Å². The molecule has 0 spiro atoms. The molecule has 0 radical (unpaired) electrons. The van der Waals surface area contributed by atoms with Crippen molar-refractivity contribution in [1.82, 2.24) is 9.29 Å². The molecule has 0 aliphatic carbocycles. The van der Waals surface area contributed by atoms with Crippen LogP contribution < -0.4 is 0 Å². The molecule has 100 valence electrons. The maximum absolute atomic E-state index is 12.5. The van der Waals surface area contributed by atoms with Crippen LogP contribution in [0.2, 0.25) is 0 Å². The normalized spacial score (nSPS) is 22.3. The molecule has 0 N–H and O–H groups in total. The lowest BCUT2D eigenvalue weighted by Gasteiger charge is -2.31. The van der Waals surface area contributed by atoms with Gasteiger partial charge in [0.2, 0.25) is 10.0 Å². The van der Waals surface area contributed by atoms with Gasteiger partial charge in [0.25, 0.3) is 0 Å². The van der Waals surface area contributed by atoms with Crippen LogP contribution in [0, 0.1) is 0 Å². The van der Waals surface area contributed by atoms with E-state index in [4.69, 9.17) is 0 Å². The highest BCUT2D eigenvalue weighted by Gasteiger charge is 2.41. The molecule has 0 amide bonds. The van der Waals surface area contributed by atoms with E-state index in [0.29, 0.717) is 6.54 Å². The molecule has 2 rings (SSSR count). The van der Waals surface area contributed by atoms with Gasteiger partial charge in [0.15, 0.2) is 0 Å². The smallest absolute Gasteiger partial charge is 0.219 e. The molecule has 0 unspecified atom stereocenters. The number of sulfonamides is 1. The first-order chi connectivity index (χ1) is 8.34. The summed E-state index contributed by atoms with van der Waals surface area (Å²) in [5, 5.41) is 0. The topological polar surface area (TPSA) is 50.3 Å². The van der Waals surface area contributed by atoms with E-state index in [2.05, 4.69) is 4.98 Å². The SMILES string of the molecule is CC(C)(C)S(=O)(=O)N1CCC[C@@H]1c1cccnc1. The highest BCUT2D eigenvalue weighted by molar-refractivity contribution is 7.90. The van der Waals surface area contributed by atoms with E-state index < -0.39 is 14.8 Å². The second kappa shape index (κ2) is 4.63. The Morgan fingerprint density at radius 2 is 2.11 bits per heavy atom. The van der Waals surface area contributed by atoms with Gasteiger partial charge in [0, 0.05) is 18.9 Å². The zero-order chi connectivity index (χ0) is 13.4. The van der Waals surface area contributed by atoms with Gasteiger partial charge in [0.05, 0.1) is 10.8 Å². The zero-order valence-electron chi connectivity index (χ0n) is 11.1. The number of hydrogen-bond acceptors (Lipinski definition) is 3. The van der Waals surface area contributed by atoms with Crippen molar-refractivity contribution in [3.8, 4) is 0 Å². The van der Waals surface area contributed by atoms with Gasteiger partial charge in [-0.05, 0) is 45.2 Å². The summed E-state index contributed by atoms with van der Waals surface area (Å²) in [5.41, 5.74) is 0.989. The molecule has 0 aromatic carbocycles. The summed E-state index contributed by atoms with van der Waals surface area (Å²) < 4.78 is 26.0. The van der Waals surface area contributed by atoms with Crippen LogP contribution in [0.1, 0.15) is 45.2 Å². The highest BCUT2D eigenvalue weighted by Crippen LogP contribution is 2.37. The third-order valence-corrected chi connectivity index (χ3v) is 5.96. The molecule has 1 aromatic heterocycles. The predicted octanol–water partition coefficient (Wildman–Crippen LogP) is 2.35. The molecule has 18 heavy (non-hydrogen) atoms. The number of aromatic nitrogens is 1. The highest BCUT2D eigenvalue weighted by atomic mass is 32.2. The van der Waals surface area contributed by atoms with Gasteiger partial charge in [-0.2, -0.15) is 4.31 Å². The molecular formula is C13H20N2O2S. The monoisotopic (exact) mass is 268 g/mol. The van der Waals surface area contributed by atoms with Crippen molar-refractivity contribution in [2.45, 2.75) is 44.4 Å². The molecule has 0 saturated carbocycles. The summed E-state index contributed by atoms with van der Waals surface area (Å²) >= 11 is 0. The summed E-state index contributed by atoms with van der Waals surface area (Å²) in [4.78, 5) is 4.09. The second-order valence-electron chi connectivity index (χ2n) is 5.67. The van der Waals surface area contributed by atoms with Gasteiger partial charge in [-0.1, -0.05) is 6.07 Å². The molecule has 1 aliphatic heterocycles. The Balaban J connectivity index is 2.35. The summed E-state index contributed by atoms with van der Waals surface area (Å²) in [6, 6.07) is 3.76. The first-order valence-electron chi connectivity index (χ1n) is 6.25. The van der Waals surface area contributed by atoms with Crippen LogP contribution in [0.15, 0.2) is 24.5 Å². The average Bonchev–Trinajstić information content (AvgIpc) is 2.78. The first kappa shape index (κ1) is 13.5. The Bertz CT molecular complexity index is 506. The fourth-order valence-electron chi connectivity index (χ4n) is 2.29. The lowest BCUT2D eigenvalue weighted by molar-refractivity contribution is 0.380. The molecule has 5 heteroatoms. The van der Waals surface area contributed by atoms with E-state index in [1.165, 1.54) is 0 Å². The van der Waals surface area contributed by atoms with Crippen LogP contribution in [0.4, 0.5) is 0 Å². The summed E-state index contributed by atoms with van der Waals surface area (Å²) in [7, 11) is -3.27. The molecule has 0 bridgehead atoms. The van der Waals surface area contributed by atoms with Gasteiger partial charge >= 0.3 is 0 Å². The molecule has 1 fully saturated rings. The fourth-order valence-corrected chi connectivity index (χ4v) is 3.92. The molecule has 1 aliphatic rings. The first-order valence-corrected chi connectivity index (χ1v) is 7.69. The quantitative estimate of drug-likeness (QED) is 0.827. The molecule has 4 nitrogen and oxygen atoms in total. The van der Waals surface area contributed by atoms with Crippen LogP contribution in [0.3, 0.4) is 0 Å². The Morgan fingerprint density at radius 1 is 1.39 bits per heavy atom. The van der Waals surface area contributed by atoms with Crippen molar-refractivity contribution < 1.29 is 8.42 Å². The fraction of sp³-hybridized carbons (Fsp3) is 0.615. The number of nitrogens with zero attached hydrogens (tertiary/aromatic N) is 2. The maximum atomic E-state index is 12.5. The zero-order valence-corrected chi connectivity index (χ0v) is 11.9. The minimum Gasteiger partial charge on any atom is -0.264 e. The molecule has 2 heterocycles. The summed E-state index contributed by atoms with van der Waals surface area (Å²) in [6.07, 6.45) is 5.26. The molecule has 1 atom stereocenters. The Kier molecular flexibility index (Phi) is 3.47. The van der Waals surface area contributed by atoms with E-state index in [1.54, 1.807) is 37.5 Å². The summed E-state index contributed by atoms with van der Waals surface area (Å²) in [5.74, 6) is 0. The Labute approximate surface area is 109 Å².